The van der Waals surface area contributed by atoms with Gasteiger partial charge >= 0.3 is 0 Å². The van der Waals surface area contributed by atoms with E-state index in [-0.39, 0.29) is 30.5 Å². The summed E-state index contributed by atoms with van der Waals surface area (Å²) in [5, 5.41) is 0. The third-order valence-electron chi connectivity index (χ3n) is 4.48. The van der Waals surface area contributed by atoms with Gasteiger partial charge in [-0.05, 0) is 42.5 Å². The molecule has 27 heavy (non-hydrogen) atoms. The largest absolute Gasteiger partial charge is 0.467 e. The van der Waals surface area contributed by atoms with Crippen molar-refractivity contribution in [3.8, 4) is 0 Å². The fourth-order valence-electron chi connectivity index (χ4n) is 3.06. The molecule has 0 radical (unpaired) electrons. The van der Waals surface area contributed by atoms with Crippen molar-refractivity contribution in [2.45, 2.75) is 13.1 Å². The van der Waals surface area contributed by atoms with Crippen molar-refractivity contribution in [2.75, 3.05) is 7.05 Å². The van der Waals surface area contributed by atoms with E-state index in [0.717, 1.165) is 4.90 Å². The predicted molar refractivity (Wildman–Crippen MR) is 93.9 cm³/mol. The van der Waals surface area contributed by atoms with Gasteiger partial charge in [-0.1, -0.05) is 0 Å². The molecule has 7 heteroatoms. The minimum atomic E-state index is -0.409. The zero-order valence-corrected chi connectivity index (χ0v) is 14.5. The fourth-order valence-corrected chi connectivity index (χ4v) is 3.06. The molecule has 0 saturated heterocycles. The highest BCUT2D eigenvalue weighted by Gasteiger charge is 2.33. The molecule has 0 aliphatic carbocycles. The van der Waals surface area contributed by atoms with Crippen molar-refractivity contribution in [2.24, 2.45) is 0 Å². The summed E-state index contributed by atoms with van der Waals surface area (Å²) in [6.07, 6.45) is 3.08. The molecule has 7 nitrogen and oxygen atoms in total. The molecule has 0 atom stereocenters. The van der Waals surface area contributed by atoms with Crippen molar-refractivity contribution in [1.82, 2.24) is 9.80 Å². The molecular formula is C20H16N2O5. The number of carbonyl (C=O) groups is 3. The predicted octanol–water partition coefficient (Wildman–Crippen LogP) is 2.94. The van der Waals surface area contributed by atoms with Crippen LogP contribution in [0.2, 0.25) is 0 Å². The smallest absolute Gasteiger partial charge is 0.261 e. The van der Waals surface area contributed by atoms with Crippen LogP contribution in [0.15, 0.2) is 63.8 Å². The van der Waals surface area contributed by atoms with Crippen LogP contribution in [0.5, 0.6) is 0 Å². The summed E-state index contributed by atoms with van der Waals surface area (Å²) in [5.74, 6) is 0.190. The number of rotatable bonds is 5. The average molecular weight is 364 g/mol. The fraction of sp³-hybridized carbons (Fsp3) is 0.150. The van der Waals surface area contributed by atoms with Gasteiger partial charge < -0.3 is 13.7 Å². The maximum atomic E-state index is 13.1. The van der Waals surface area contributed by atoms with Crippen LogP contribution >= 0.6 is 0 Å². The summed E-state index contributed by atoms with van der Waals surface area (Å²) in [5.41, 5.74) is 0.871. The second-order valence-electron chi connectivity index (χ2n) is 6.25. The lowest BCUT2D eigenvalue weighted by molar-refractivity contribution is 0.0690. The topological polar surface area (TPSA) is 84.0 Å². The van der Waals surface area contributed by atoms with E-state index >= 15 is 0 Å². The second-order valence-corrected chi connectivity index (χ2v) is 6.25. The molecule has 0 N–H and O–H groups in total. The van der Waals surface area contributed by atoms with Crippen LogP contribution < -0.4 is 0 Å². The molecule has 1 aromatic carbocycles. The van der Waals surface area contributed by atoms with E-state index in [1.54, 1.807) is 47.8 Å². The molecule has 0 spiro atoms. The Labute approximate surface area is 154 Å². The Kier molecular flexibility index (Phi) is 4.12. The zero-order chi connectivity index (χ0) is 19.0. The van der Waals surface area contributed by atoms with Crippen molar-refractivity contribution in [1.29, 1.82) is 0 Å². The first kappa shape index (κ1) is 16.8. The van der Waals surface area contributed by atoms with E-state index in [1.807, 2.05) is 0 Å². The molecule has 3 aromatic rings. The number of carbonyl (C=O) groups excluding carboxylic acids is 3. The van der Waals surface area contributed by atoms with E-state index in [1.165, 1.54) is 19.2 Å². The van der Waals surface area contributed by atoms with Gasteiger partial charge in [-0.2, -0.15) is 0 Å². The molecule has 4 rings (SSSR count). The van der Waals surface area contributed by atoms with Gasteiger partial charge in [0.1, 0.15) is 11.5 Å². The standard InChI is InChI=1S/C20H16N2O5/c1-21-19(24)16-7-6-13(10-17(16)20(21)25)18(23)22(11-14-4-2-8-26-14)12-15-5-3-9-27-15/h2-10H,11-12H2,1H3. The van der Waals surface area contributed by atoms with Gasteiger partial charge in [-0.15, -0.1) is 0 Å². The van der Waals surface area contributed by atoms with E-state index < -0.39 is 5.91 Å². The van der Waals surface area contributed by atoms with Gasteiger partial charge in [0.2, 0.25) is 0 Å². The van der Waals surface area contributed by atoms with Crippen LogP contribution in [0.1, 0.15) is 42.6 Å². The lowest BCUT2D eigenvalue weighted by Gasteiger charge is -2.21. The molecule has 0 unspecified atom stereocenters. The molecular weight excluding hydrogens is 348 g/mol. The Bertz CT molecular complexity index is 969. The van der Waals surface area contributed by atoms with Crippen molar-refractivity contribution >= 4 is 17.7 Å². The molecule has 0 bridgehead atoms. The lowest BCUT2D eigenvalue weighted by Crippen LogP contribution is -2.30. The van der Waals surface area contributed by atoms with E-state index in [4.69, 9.17) is 8.83 Å². The minimum Gasteiger partial charge on any atom is -0.467 e. The van der Waals surface area contributed by atoms with Gasteiger partial charge in [0.25, 0.3) is 17.7 Å². The van der Waals surface area contributed by atoms with Gasteiger partial charge in [0, 0.05) is 12.6 Å². The second kappa shape index (κ2) is 6.60. The Morgan fingerprint density at radius 1 is 0.926 bits per heavy atom. The monoisotopic (exact) mass is 364 g/mol. The Hall–Kier alpha value is -3.61. The normalized spacial score (nSPS) is 13.1. The number of furan rings is 2. The number of benzene rings is 1. The summed E-state index contributed by atoms with van der Waals surface area (Å²) < 4.78 is 10.7. The van der Waals surface area contributed by atoms with E-state index in [0.29, 0.717) is 22.6 Å². The molecule has 3 amide bonds. The Balaban J connectivity index is 1.65. The van der Waals surface area contributed by atoms with Crippen LogP contribution in [-0.2, 0) is 13.1 Å². The number of hydrogen-bond acceptors (Lipinski definition) is 5. The van der Waals surface area contributed by atoms with E-state index in [9.17, 15) is 14.4 Å². The Morgan fingerprint density at radius 2 is 1.52 bits per heavy atom. The average Bonchev–Trinajstić information content (AvgIpc) is 3.42. The number of imide groups is 1. The maximum Gasteiger partial charge on any atom is 0.261 e. The summed E-state index contributed by atoms with van der Waals surface area (Å²) in [6, 6.07) is 11.6. The van der Waals surface area contributed by atoms with Gasteiger partial charge in [0.05, 0.1) is 36.7 Å². The Morgan fingerprint density at radius 3 is 2.07 bits per heavy atom. The highest BCUT2D eigenvalue weighted by atomic mass is 16.3. The van der Waals surface area contributed by atoms with Gasteiger partial charge in [0.15, 0.2) is 0 Å². The first-order valence-electron chi connectivity index (χ1n) is 8.35. The molecule has 0 fully saturated rings. The maximum absolute atomic E-state index is 13.1. The highest BCUT2D eigenvalue weighted by Crippen LogP contribution is 2.24. The number of nitrogens with zero attached hydrogens (tertiary/aromatic N) is 2. The molecule has 1 aliphatic rings. The molecule has 2 aromatic heterocycles. The van der Waals surface area contributed by atoms with Crippen LogP contribution in [0.3, 0.4) is 0 Å². The number of amides is 3. The summed E-state index contributed by atoms with van der Waals surface area (Å²) >= 11 is 0. The first-order valence-corrected chi connectivity index (χ1v) is 8.35. The summed E-state index contributed by atoms with van der Waals surface area (Å²) in [4.78, 5) is 39.9. The van der Waals surface area contributed by atoms with Crippen LogP contribution in [0, 0.1) is 0 Å². The van der Waals surface area contributed by atoms with Crippen molar-refractivity contribution < 1.29 is 23.2 Å². The first-order chi connectivity index (χ1) is 13.0. The van der Waals surface area contributed by atoms with Crippen LogP contribution in [0.25, 0.3) is 0 Å². The third-order valence-corrected chi connectivity index (χ3v) is 4.48. The zero-order valence-electron chi connectivity index (χ0n) is 14.5. The highest BCUT2D eigenvalue weighted by molar-refractivity contribution is 6.21. The quantitative estimate of drug-likeness (QED) is 0.650. The van der Waals surface area contributed by atoms with Gasteiger partial charge in [-0.3, -0.25) is 19.3 Å². The molecule has 136 valence electrons. The lowest BCUT2D eigenvalue weighted by atomic mass is 10.0. The molecule has 3 heterocycles. The van der Waals surface area contributed by atoms with Crippen molar-refractivity contribution in [3.05, 3.63) is 83.2 Å². The number of fused-ring (bicyclic) bond motifs is 1. The third kappa shape index (κ3) is 3.03. The van der Waals surface area contributed by atoms with Crippen molar-refractivity contribution in [3.63, 3.8) is 0 Å². The van der Waals surface area contributed by atoms with E-state index in [2.05, 4.69) is 0 Å². The van der Waals surface area contributed by atoms with Gasteiger partial charge in [-0.25, -0.2) is 0 Å². The van der Waals surface area contributed by atoms with Crippen LogP contribution in [-0.4, -0.2) is 34.6 Å². The SMILES string of the molecule is CN1C(=O)c2ccc(C(=O)N(Cc3ccco3)Cc3ccco3)cc2C1=O. The van der Waals surface area contributed by atoms with Crippen LogP contribution in [0.4, 0.5) is 0 Å². The summed E-state index contributed by atoms with van der Waals surface area (Å²) in [6.45, 7) is 0.493. The molecule has 0 saturated carbocycles. The minimum absolute atomic E-state index is 0.240. The summed E-state index contributed by atoms with van der Waals surface area (Å²) in [7, 11) is 1.42. The molecule has 1 aliphatic heterocycles. The number of hydrogen-bond donors (Lipinski definition) is 0.